The van der Waals surface area contributed by atoms with Crippen LogP contribution >= 0.6 is 37.2 Å². The predicted molar refractivity (Wildman–Crippen MR) is 74.7 cm³/mol. The molecule has 0 saturated carbocycles. The average Bonchev–Trinajstić information content (AvgIpc) is 2.67. The summed E-state index contributed by atoms with van der Waals surface area (Å²) in [7, 11) is 0. The molecule has 1 aliphatic rings. The summed E-state index contributed by atoms with van der Waals surface area (Å²) in [5, 5.41) is 0. The standard InChI is InChI=1S/C11H9.CH3.3ClH.V/c1-2-6-10(7-3-1)11-8-4-5-9-11;;;;;/h1-4,6-8H,5H2;1H3;3*1H;. The molecule has 1 aliphatic carbocycles. The average molecular weight is 317 g/mol. The Morgan fingerprint density at radius 3 is 2.19 bits per heavy atom. The Labute approximate surface area is 123 Å². The van der Waals surface area contributed by atoms with Gasteiger partial charge >= 0.3 is 86.3 Å². The van der Waals surface area contributed by atoms with E-state index in [0.29, 0.717) is 16.3 Å². The third kappa shape index (κ3) is 4.20. The first-order valence-electron chi connectivity index (χ1n) is 4.47. The third-order valence-corrected chi connectivity index (χ3v) is 3.77. The van der Waals surface area contributed by atoms with Crippen molar-refractivity contribution < 1.29 is 16.3 Å². The predicted octanol–water partition coefficient (Wildman–Crippen LogP) is 4.75. The van der Waals surface area contributed by atoms with E-state index in [1.54, 1.807) is 4.28 Å². The molecular formula is C12H15Cl3V. The topological polar surface area (TPSA) is 0 Å². The number of hydrogen-bond donors (Lipinski definition) is 0. The molecule has 4 heteroatoms. The van der Waals surface area contributed by atoms with Crippen LogP contribution < -0.4 is 0 Å². The fourth-order valence-corrected chi connectivity index (χ4v) is 2.73. The minimum atomic E-state index is 0. The van der Waals surface area contributed by atoms with Crippen LogP contribution in [0.3, 0.4) is 0 Å². The van der Waals surface area contributed by atoms with E-state index in [1.165, 1.54) is 17.6 Å². The molecule has 1 aromatic rings. The van der Waals surface area contributed by atoms with Gasteiger partial charge in [0.2, 0.25) is 0 Å². The van der Waals surface area contributed by atoms with Crippen LogP contribution in [0.15, 0.2) is 46.8 Å². The normalized spacial score (nSPS) is 12.3. The first-order valence-corrected chi connectivity index (χ1v) is 6.56. The van der Waals surface area contributed by atoms with Gasteiger partial charge in [-0.15, -0.1) is 37.2 Å². The summed E-state index contributed by atoms with van der Waals surface area (Å²) in [6.07, 6.45) is 5.72. The van der Waals surface area contributed by atoms with E-state index < -0.39 is 0 Å². The van der Waals surface area contributed by atoms with Crippen LogP contribution in [0.1, 0.15) is 12.0 Å². The summed E-state index contributed by atoms with van der Waals surface area (Å²) in [4.78, 5) is 0. The number of halogens is 3. The maximum absolute atomic E-state index is 2.32. The van der Waals surface area contributed by atoms with E-state index in [0.717, 1.165) is 0 Å². The van der Waals surface area contributed by atoms with Gasteiger partial charge in [0.1, 0.15) is 0 Å². The number of benzene rings is 1. The molecule has 0 saturated heterocycles. The molecule has 0 nitrogen and oxygen atoms in total. The third-order valence-electron chi connectivity index (χ3n) is 2.26. The van der Waals surface area contributed by atoms with Crippen LogP contribution in [0.2, 0.25) is 5.64 Å². The zero-order valence-electron chi connectivity index (χ0n) is 8.92. The van der Waals surface area contributed by atoms with Crippen LogP contribution in [-0.2, 0) is 16.3 Å². The number of allylic oxidation sites excluding steroid dienone is 4. The van der Waals surface area contributed by atoms with Gasteiger partial charge in [-0.2, -0.15) is 0 Å². The molecule has 0 bridgehead atoms. The Morgan fingerprint density at radius 2 is 1.62 bits per heavy atom. The zero-order chi connectivity index (χ0) is 9.10. The second-order valence-corrected chi connectivity index (χ2v) is 4.60. The van der Waals surface area contributed by atoms with Gasteiger partial charge in [-0.3, -0.25) is 0 Å². The van der Waals surface area contributed by atoms with Crippen LogP contribution in [0.5, 0.6) is 0 Å². The van der Waals surface area contributed by atoms with Crippen LogP contribution in [-0.4, -0.2) is 0 Å². The van der Waals surface area contributed by atoms with Crippen molar-refractivity contribution in [3.63, 3.8) is 0 Å². The van der Waals surface area contributed by atoms with Crippen molar-refractivity contribution in [2.75, 3.05) is 0 Å². The van der Waals surface area contributed by atoms with Crippen molar-refractivity contribution in [3.05, 3.63) is 52.3 Å². The molecule has 0 N–H and O–H groups in total. The second-order valence-electron chi connectivity index (χ2n) is 3.06. The fraction of sp³-hybridized carbons (Fsp3) is 0.167. The van der Waals surface area contributed by atoms with E-state index in [-0.39, 0.29) is 37.2 Å². The van der Waals surface area contributed by atoms with Gasteiger partial charge in [0.25, 0.3) is 0 Å². The Balaban J connectivity index is 0. The molecule has 0 heterocycles. The van der Waals surface area contributed by atoms with E-state index in [2.05, 4.69) is 48.1 Å². The van der Waals surface area contributed by atoms with Crippen molar-refractivity contribution in [2.24, 2.45) is 0 Å². The summed E-state index contributed by atoms with van der Waals surface area (Å²) in [6, 6.07) is 10.7. The van der Waals surface area contributed by atoms with Crippen molar-refractivity contribution in [3.8, 4) is 0 Å². The van der Waals surface area contributed by atoms with Crippen LogP contribution in [0, 0.1) is 0 Å². The molecule has 0 atom stereocenters. The van der Waals surface area contributed by atoms with E-state index in [9.17, 15) is 0 Å². The van der Waals surface area contributed by atoms with Crippen LogP contribution in [0.4, 0.5) is 0 Å². The summed E-state index contributed by atoms with van der Waals surface area (Å²) in [6.45, 7) is 0. The number of rotatable bonds is 2. The summed E-state index contributed by atoms with van der Waals surface area (Å²) < 4.78 is 1.66. The van der Waals surface area contributed by atoms with Crippen molar-refractivity contribution in [1.82, 2.24) is 0 Å². The molecule has 89 valence electrons. The van der Waals surface area contributed by atoms with Gasteiger partial charge in [-0.1, -0.05) is 0 Å². The zero-order valence-corrected chi connectivity index (χ0v) is 12.8. The summed E-state index contributed by atoms with van der Waals surface area (Å²) >= 11 is 0.389. The van der Waals surface area contributed by atoms with Gasteiger partial charge in [-0.05, 0) is 0 Å². The van der Waals surface area contributed by atoms with Gasteiger partial charge in [-0.25, -0.2) is 0 Å². The molecule has 0 unspecified atom stereocenters. The number of hydrogen-bond acceptors (Lipinski definition) is 0. The molecule has 2 rings (SSSR count). The quantitative estimate of drug-likeness (QED) is 0.738. The Hall–Kier alpha value is 0.154. The van der Waals surface area contributed by atoms with Crippen molar-refractivity contribution >= 4 is 42.8 Å². The molecule has 0 aliphatic heterocycles. The maximum atomic E-state index is 2.32. The van der Waals surface area contributed by atoms with Gasteiger partial charge in [0.05, 0.1) is 0 Å². The summed E-state index contributed by atoms with van der Waals surface area (Å²) in [5.74, 6) is 0. The molecular weight excluding hydrogens is 301 g/mol. The molecule has 0 fully saturated rings. The summed E-state index contributed by atoms with van der Waals surface area (Å²) in [5.41, 5.74) is 5.17. The fourth-order valence-electron chi connectivity index (χ4n) is 1.59. The van der Waals surface area contributed by atoms with E-state index >= 15 is 0 Å². The molecule has 0 spiro atoms. The SMILES string of the molecule is Cl.Cl.Cl.[CH3][V][C]1=C(c2ccccc2)C=CC1. The van der Waals surface area contributed by atoms with Crippen molar-refractivity contribution in [2.45, 2.75) is 12.1 Å². The minimum absolute atomic E-state index is 0. The van der Waals surface area contributed by atoms with Crippen LogP contribution in [0.25, 0.3) is 5.57 Å². The first-order chi connectivity index (χ1) is 6.42. The second kappa shape index (κ2) is 9.21. The van der Waals surface area contributed by atoms with Gasteiger partial charge < -0.3 is 0 Å². The Morgan fingerprint density at radius 1 is 1.00 bits per heavy atom. The van der Waals surface area contributed by atoms with E-state index in [4.69, 9.17) is 0 Å². The Bertz CT molecular complexity index is 358. The molecule has 0 amide bonds. The molecule has 0 aromatic heterocycles. The molecule has 1 aromatic carbocycles. The van der Waals surface area contributed by atoms with Crippen molar-refractivity contribution in [1.29, 1.82) is 0 Å². The Kier molecular flexibility index (Phi) is 10.7. The molecule has 0 radical (unpaired) electrons. The molecule has 16 heavy (non-hydrogen) atoms. The van der Waals surface area contributed by atoms with Gasteiger partial charge in [0.15, 0.2) is 0 Å². The van der Waals surface area contributed by atoms with Gasteiger partial charge in [0, 0.05) is 0 Å². The van der Waals surface area contributed by atoms with E-state index in [1.807, 2.05) is 0 Å². The monoisotopic (exact) mass is 315 g/mol. The first kappa shape index (κ1) is 18.5.